The van der Waals surface area contributed by atoms with Crippen molar-refractivity contribution in [1.82, 2.24) is 4.90 Å². The summed E-state index contributed by atoms with van der Waals surface area (Å²) in [5.41, 5.74) is 1.00. The Morgan fingerprint density at radius 2 is 1.84 bits per heavy atom. The Morgan fingerprint density at radius 1 is 1.24 bits per heavy atom. The largest absolute Gasteiger partial charge is 0.459 e. The van der Waals surface area contributed by atoms with Gasteiger partial charge in [-0.25, -0.2) is 4.79 Å². The molecule has 3 unspecified atom stereocenters. The van der Waals surface area contributed by atoms with E-state index in [4.69, 9.17) is 9.16 Å². The molecule has 0 bridgehead atoms. The van der Waals surface area contributed by atoms with Gasteiger partial charge in [-0.1, -0.05) is 30.3 Å². The minimum atomic E-state index is -1.90. The third-order valence-corrected chi connectivity index (χ3v) is 6.14. The molecule has 2 rings (SSSR count). The SMILES string of the molecule is CC1C(OC(=O)C(O[Si](C)(C)C)c2ccccc2)CCC(C)(C)N1C. The molecule has 1 aliphatic rings. The number of esters is 1. The van der Waals surface area contributed by atoms with Gasteiger partial charge in [-0.15, -0.1) is 0 Å². The van der Waals surface area contributed by atoms with Crippen molar-refractivity contribution in [2.75, 3.05) is 7.05 Å². The summed E-state index contributed by atoms with van der Waals surface area (Å²) in [5.74, 6) is -0.265. The fraction of sp³-hybridized carbons (Fsp3) is 0.650. The molecule has 1 fully saturated rings. The van der Waals surface area contributed by atoms with Crippen LogP contribution in [-0.2, 0) is 14.0 Å². The van der Waals surface area contributed by atoms with Gasteiger partial charge in [-0.2, -0.15) is 0 Å². The quantitative estimate of drug-likeness (QED) is 0.575. The van der Waals surface area contributed by atoms with Gasteiger partial charge in [0, 0.05) is 11.6 Å². The maximum atomic E-state index is 13.0. The Morgan fingerprint density at radius 3 is 2.40 bits per heavy atom. The zero-order chi connectivity index (χ0) is 18.8. The van der Waals surface area contributed by atoms with E-state index in [9.17, 15) is 4.79 Å². The molecule has 1 saturated heterocycles. The van der Waals surface area contributed by atoms with E-state index in [2.05, 4.69) is 52.4 Å². The highest BCUT2D eigenvalue weighted by molar-refractivity contribution is 6.69. The molecule has 0 N–H and O–H groups in total. The number of nitrogens with zero attached hydrogens (tertiary/aromatic N) is 1. The number of ether oxygens (including phenoxy) is 1. The first kappa shape index (κ1) is 20.1. The van der Waals surface area contributed by atoms with Crippen molar-refractivity contribution in [2.45, 2.75) is 77.0 Å². The molecule has 0 radical (unpaired) electrons. The molecule has 0 amide bonds. The normalized spacial score (nSPS) is 25.4. The standard InChI is InChI=1S/C20H33NO3Si/c1-15-17(13-14-20(2,3)21(15)4)23-19(22)18(24-25(5,6)7)16-11-9-8-10-12-16/h8-12,15,17-18H,13-14H2,1-7H3. The van der Waals surface area contributed by atoms with Gasteiger partial charge >= 0.3 is 5.97 Å². The summed E-state index contributed by atoms with van der Waals surface area (Å²) in [6.45, 7) is 12.9. The average molecular weight is 364 g/mol. The van der Waals surface area contributed by atoms with Crippen molar-refractivity contribution in [3.63, 3.8) is 0 Å². The predicted molar refractivity (Wildman–Crippen MR) is 104 cm³/mol. The van der Waals surface area contributed by atoms with E-state index in [1.165, 1.54) is 0 Å². The van der Waals surface area contributed by atoms with Crippen LogP contribution in [0.4, 0.5) is 0 Å². The molecule has 1 aliphatic heterocycles. The number of benzene rings is 1. The number of rotatable bonds is 5. The van der Waals surface area contributed by atoms with Crippen molar-refractivity contribution in [3.05, 3.63) is 35.9 Å². The molecule has 0 aromatic heterocycles. The van der Waals surface area contributed by atoms with Gasteiger partial charge in [-0.05, 0) is 65.9 Å². The summed E-state index contributed by atoms with van der Waals surface area (Å²) >= 11 is 0. The molecule has 5 heteroatoms. The van der Waals surface area contributed by atoms with Crippen LogP contribution in [0, 0.1) is 0 Å². The highest BCUT2D eigenvalue weighted by Gasteiger charge is 2.40. The number of likely N-dealkylation sites (N-methyl/N-ethyl adjacent to an activating group) is 1. The third kappa shape index (κ3) is 5.15. The Hall–Kier alpha value is -1.17. The van der Waals surface area contributed by atoms with Gasteiger partial charge in [-0.3, -0.25) is 4.90 Å². The lowest BCUT2D eigenvalue weighted by atomic mass is 9.85. The summed E-state index contributed by atoms with van der Waals surface area (Å²) in [6.07, 6.45) is 1.16. The lowest BCUT2D eigenvalue weighted by molar-refractivity contribution is -0.167. The van der Waals surface area contributed by atoms with E-state index < -0.39 is 14.4 Å². The van der Waals surface area contributed by atoms with Gasteiger partial charge in [0.2, 0.25) is 0 Å². The summed E-state index contributed by atoms with van der Waals surface area (Å²) in [6, 6.07) is 9.87. The van der Waals surface area contributed by atoms with E-state index >= 15 is 0 Å². The van der Waals surface area contributed by atoms with Crippen molar-refractivity contribution in [1.29, 1.82) is 0 Å². The first-order valence-corrected chi connectivity index (χ1v) is 12.6. The molecule has 0 saturated carbocycles. The number of likely N-dealkylation sites (tertiary alicyclic amines) is 1. The van der Waals surface area contributed by atoms with Crippen LogP contribution < -0.4 is 0 Å². The highest BCUT2D eigenvalue weighted by Crippen LogP contribution is 2.33. The zero-order valence-electron chi connectivity index (χ0n) is 16.7. The summed E-state index contributed by atoms with van der Waals surface area (Å²) in [7, 11) is 0.213. The first-order valence-electron chi connectivity index (χ1n) is 9.17. The molecule has 25 heavy (non-hydrogen) atoms. The lowest BCUT2D eigenvalue weighted by Gasteiger charge is -2.47. The molecule has 1 aromatic carbocycles. The summed E-state index contributed by atoms with van der Waals surface area (Å²) in [5, 5.41) is 0. The van der Waals surface area contributed by atoms with Crippen LogP contribution in [0.3, 0.4) is 0 Å². The molecular formula is C20H33NO3Si. The molecule has 0 spiro atoms. The topological polar surface area (TPSA) is 38.8 Å². The molecule has 3 atom stereocenters. The van der Waals surface area contributed by atoms with E-state index in [1.54, 1.807) is 0 Å². The summed E-state index contributed by atoms with van der Waals surface area (Å²) < 4.78 is 12.1. The fourth-order valence-corrected chi connectivity index (χ4v) is 4.26. The van der Waals surface area contributed by atoms with Gasteiger partial charge < -0.3 is 9.16 Å². The Bertz CT molecular complexity index is 582. The van der Waals surface area contributed by atoms with Crippen LogP contribution in [0.25, 0.3) is 0 Å². The second kappa shape index (κ2) is 7.60. The van der Waals surface area contributed by atoms with Gasteiger partial charge in [0.05, 0.1) is 0 Å². The van der Waals surface area contributed by atoms with Crippen molar-refractivity contribution < 1.29 is 14.0 Å². The molecular weight excluding hydrogens is 330 g/mol. The maximum Gasteiger partial charge on any atom is 0.339 e. The Balaban J connectivity index is 2.15. The van der Waals surface area contributed by atoms with Gasteiger partial charge in [0.25, 0.3) is 0 Å². The number of hydrogen-bond acceptors (Lipinski definition) is 4. The lowest BCUT2D eigenvalue weighted by Crippen LogP contribution is -2.56. The predicted octanol–water partition coefficient (Wildman–Crippen LogP) is 4.38. The minimum absolute atomic E-state index is 0.0954. The fourth-order valence-electron chi connectivity index (χ4n) is 3.32. The second-order valence-electron chi connectivity index (χ2n) is 8.70. The molecule has 4 nitrogen and oxygen atoms in total. The average Bonchev–Trinajstić information content (AvgIpc) is 2.53. The monoisotopic (exact) mass is 363 g/mol. The van der Waals surface area contributed by atoms with E-state index in [-0.39, 0.29) is 23.7 Å². The van der Waals surface area contributed by atoms with Crippen molar-refractivity contribution in [3.8, 4) is 0 Å². The Kier molecular flexibility index (Phi) is 6.12. The van der Waals surface area contributed by atoms with E-state index in [1.807, 2.05) is 30.3 Å². The van der Waals surface area contributed by atoms with Crippen LogP contribution in [0.2, 0.25) is 19.6 Å². The maximum absolute atomic E-state index is 13.0. The molecule has 1 heterocycles. The van der Waals surface area contributed by atoms with E-state index in [0.29, 0.717) is 0 Å². The van der Waals surface area contributed by atoms with Gasteiger partial charge in [0.15, 0.2) is 14.4 Å². The van der Waals surface area contributed by atoms with Crippen LogP contribution in [0.5, 0.6) is 0 Å². The molecule has 140 valence electrons. The van der Waals surface area contributed by atoms with Crippen LogP contribution >= 0.6 is 0 Å². The first-order chi connectivity index (χ1) is 11.5. The molecule has 0 aliphatic carbocycles. The highest BCUT2D eigenvalue weighted by atomic mass is 28.4. The smallest absolute Gasteiger partial charge is 0.339 e. The zero-order valence-corrected chi connectivity index (χ0v) is 17.7. The number of carbonyl (C=O) groups is 1. The number of piperidine rings is 1. The number of carbonyl (C=O) groups excluding carboxylic acids is 1. The Labute approximate surface area is 153 Å². The minimum Gasteiger partial charge on any atom is -0.459 e. The third-order valence-electron chi connectivity index (χ3n) is 5.20. The number of hydrogen-bond donors (Lipinski definition) is 0. The van der Waals surface area contributed by atoms with Gasteiger partial charge in [0.1, 0.15) is 6.10 Å². The van der Waals surface area contributed by atoms with E-state index in [0.717, 1.165) is 18.4 Å². The van der Waals surface area contributed by atoms with Crippen LogP contribution in [0.15, 0.2) is 30.3 Å². The van der Waals surface area contributed by atoms with Crippen molar-refractivity contribution >= 4 is 14.3 Å². The second-order valence-corrected chi connectivity index (χ2v) is 13.2. The van der Waals surface area contributed by atoms with Crippen LogP contribution in [-0.4, -0.2) is 43.9 Å². The summed E-state index contributed by atoms with van der Waals surface area (Å²) in [4.78, 5) is 15.3. The molecule has 1 aromatic rings. The van der Waals surface area contributed by atoms with Crippen molar-refractivity contribution in [2.24, 2.45) is 0 Å². The van der Waals surface area contributed by atoms with Crippen LogP contribution in [0.1, 0.15) is 45.3 Å².